The van der Waals surface area contributed by atoms with Gasteiger partial charge in [-0.1, -0.05) is 42.8 Å². The molecule has 0 aromatic heterocycles. The quantitative estimate of drug-likeness (QED) is 0.594. The Balaban J connectivity index is 1.78. The van der Waals surface area contributed by atoms with E-state index in [4.69, 9.17) is 21.1 Å². The van der Waals surface area contributed by atoms with E-state index in [0.717, 1.165) is 11.3 Å². The Hall–Kier alpha value is -1.76. The van der Waals surface area contributed by atoms with Crippen LogP contribution in [0.15, 0.2) is 48.5 Å². The zero-order chi connectivity index (χ0) is 19.9. The van der Waals surface area contributed by atoms with Crippen LogP contribution in [0, 0.1) is 0 Å². The van der Waals surface area contributed by atoms with Crippen LogP contribution in [-0.2, 0) is 10.0 Å². The Labute approximate surface area is 166 Å². The number of para-hydroxylation sites is 1. The van der Waals surface area contributed by atoms with E-state index >= 15 is 0 Å². The summed E-state index contributed by atoms with van der Waals surface area (Å²) in [7, 11) is -3.25. The fourth-order valence-electron chi connectivity index (χ4n) is 2.29. The first-order valence-corrected chi connectivity index (χ1v) is 10.8. The summed E-state index contributed by atoms with van der Waals surface area (Å²) in [6, 6.07) is 14.9. The standard InChI is InChI=1S/C20H26ClNO4S/c1-15(2)27(23,24)22-14-16(3)17-8-10-18(11-9-17)25-12-13-26-20-7-5-4-6-19(20)21/h4-11,15-16,22H,12-14H2,1-3H3. The zero-order valence-electron chi connectivity index (χ0n) is 15.8. The van der Waals surface area contributed by atoms with Crippen LogP contribution in [0.1, 0.15) is 32.3 Å². The maximum Gasteiger partial charge on any atom is 0.213 e. The van der Waals surface area contributed by atoms with Gasteiger partial charge in [0, 0.05) is 6.54 Å². The van der Waals surface area contributed by atoms with Crippen molar-refractivity contribution < 1.29 is 17.9 Å². The molecular formula is C20H26ClNO4S. The molecule has 7 heteroatoms. The maximum absolute atomic E-state index is 11.8. The van der Waals surface area contributed by atoms with E-state index in [0.29, 0.717) is 30.5 Å². The Morgan fingerprint density at radius 3 is 2.22 bits per heavy atom. The van der Waals surface area contributed by atoms with Gasteiger partial charge < -0.3 is 9.47 Å². The molecule has 2 aromatic rings. The molecule has 0 spiro atoms. The Bertz CT molecular complexity index is 822. The van der Waals surface area contributed by atoms with Crippen LogP contribution in [0.2, 0.25) is 5.02 Å². The Morgan fingerprint density at radius 1 is 0.963 bits per heavy atom. The van der Waals surface area contributed by atoms with Crippen molar-refractivity contribution in [1.82, 2.24) is 4.72 Å². The number of hydrogen-bond acceptors (Lipinski definition) is 4. The summed E-state index contributed by atoms with van der Waals surface area (Å²) in [5.41, 5.74) is 1.04. The molecule has 0 radical (unpaired) electrons. The average molecular weight is 412 g/mol. The smallest absolute Gasteiger partial charge is 0.213 e. The fourth-order valence-corrected chi connectivity index (χ4v) is 3.30. The molecule has 0 aliphatic heterocycles. The van der Waals surface area contributed by atoms with Gasteiger partial charge in [0.1, 0.15) is 24.7 Å². The Morgan fingerprint density at radius 2 is 1.59 bits per heavy atom. The van der Waals surface area contributed by atoms with Crippen LogP contribution >= 0.6 is 11.6 Å². The van der Waals surface area contributed by atoms with Crippen LogP contribution in [0.4, 0.5) is 0 Å². The molecular weight excluding hydrogens is 386 g/mol. The van der Waals surface area contributed by atoms with Crippen molar-refractivity contribution in [1.29, 1.82) is 0 Å². The van der Waals surface area contributed by atoms with E-state index < -0.39 is 15.3 Å². The van der Waals surface area contributed by atoms with E-state index in [9.17, 15) is 8.42 Å². The lowest BCUT2D eigenvalue weighted by atomic mass is 10.0. The fraction of sp³-hybridized carbons (Fsp3) is 0.400. The van der Waals surface area contributed by atoms with Crippen LogP contribution in [-0.4, -0.2) is 33.4 Å². The lowest BCUT2D eigenvalue weighted by Gasteiger charge is -2.15. The van der Waals surface area contributed by atoms with Gasteiger partial charge in [0.2, 0.25) is 10.0 Å². The normalized spacial score (nSPS) is 12.8. The van der Waals surface area contributed by atoms with Crippen molar-refractivity contribution in [2.75, 3.05) is 19.8 Å². The average Bonchev–Trinajstić information content (AvgIpc) is 2.65. The molecule has 1 unspecified atom stereocenters. The number of sulfonamides is 1. The molecule has 2 aromatic carbocycles. The van der Waals surface area contributed by atoms with E-state index in [1.165, 1.54) is 0 Å². The maximum atomic E-state index is 11.8. The van der Waals surface area contributed by atoms with Gasteiger partial charge in [-0.2, -0.15) is 0 Å². The monoisotopic (exact) mass is 411 g/mol. The van der Waals surface area contributed by atoms with Crippen molar-refractivity contribution in [2.24, 2.45) is 0 Å². The molecule has 1 N–H and O–H groups in total. The van der Waals surface area contributed by atoms with Gasteiger partial charge >= 0.3 is 0 Å². The minimum absolute atomic E-state index is 0.0659. The molecule has 2 rings (SSSR count). The number of benzene rings is 2. The van der Waals surface area contributed by atoms with E-state index in [-0.39, 0.29) is 5.92 Å². The lowest BCUT2D eigenvalue weighted by molar-refractivity contribution is 0.217. The molecule has 0 amide bonds. The summed E-state index contributed by atoms with van der Waals surface area (Å²) in [4.78, 5) is 0. The molecule has 0 saturated carbocycles. The van der Waals surface area contributed by atoms with Crippen molar-refractivity contribution in [3.8, 4) is 11.5 Å². The number of rotatable bonds is 10. The minimum Gasteiger partial charge on any atom is -0.490 e. The van der Waals surface area contributed by atoms with Crippen molar-refractivity contribution in [3.05, 3.63) is 59.1 Å². The highest BCUT2D eigenvalue weighted by molar-refractivity contribution is 7.90. The predicted octanol–water partition coefficient (Wildman–Crippen LogP) is 4.23. The van der Waals surface area contributed by atoms with Crippen LogP contribution in [0.3, 0.4) is 0 Å². The molecule has 0 aliphatic carbocycles. The molecule has 5 nitrogen and oxygen atoms in total. The molecule has 1 atom stereocenters. The van der Waals surface area contributed by atoms with Gasteiger partial charge in [-0.25, -0.2) is 13.1 Å². The molecule has 0 saturated heterocycles. The third-order valence-corrected chi connectivity index (χ3v) is 6.23. The molecule has 0 fully saturated rings. The molecule has 27 heavy (non-hydrogen) atoms. The summed E-state index contributed by atoms with van der Waals surface area (Å²) >= 11 is 6.03. The third kappa shape index (κ3) is 6.72. The van der Waals surface area contributed by atoms with Gasteiger partial charge in [-0.05, 0) is 49.6 Å². The van der Waals surface area contributed by atoms with Crippen LogP contribution < -0.4 is 14.2 Å². The molecule has 148 valence electrons. The summed E-state index contributed by atoms with van der Waals surface area (Å²) in [5, 5.41) is 0.136. The van der Waals surface area contributed by atoms with Crippen molar-refractivity contribution >= 4 is 21.6 Å². The van der Waals surface area contributed by atoms with E-state index in [2.05, 4.69) is 4.72 Å². The number of halogens is 1. The minimum atomic E-state index is -3.25. The second-order valence-electron chi connectivity index (χ2n) is 6.54. The largest absolute Gasteiger partial charge is 0.490 e. The highest BCUT2D eigenvalue weighted by Crippen LogP contribution is 2.23. The van der Waals surface area contributed by atoms with E-state index in [1.54, 1.807) is 19.9 Å². The molecule has 0 bridgehead atoms. The first-order valence-electron chi connectivity index (χ1n) is 8.88. The zero-order valence-corrected chi connectivity index (χ0v) is 17.4. The van der Waals surface area contributed by atoms with Crippen molar-refractivity contribution in [2.45, 2.75) is 31.9 Å². The highest BCUT2D eigenvalue weighted by Gasteiger charge is 2.17. The summed E-state index contributed by atoms with van der Waals surface area (Å²) in [6.45, 7) is 6.46. The van der Waals surface area contributed by atoms with Crippen molar-refractivity contribution in [3.63, 3.8) is 0 Å². The molecule has 0 heterocycles. The summed E-state index contributed by atoms with van der Waals surface area (Å²) in [5.74, 6) is 1.43. The van der Waals surface area contributed by atoms with Gasteiger partial charge in [0.05, 0.1) is 10.3 Å². The first kappa shape index (κ1) is 21.5. The predicted molar refractivity (Wildman–Crippen MR) is 109 cm³/mol. The SMILES string of the molecule is CC(CNS(=O)(=O)C(C)C)c1ccc(OCCOc2ccccc2Cl)cc1. The molecule has 0 aliphatic rings. The summed E-state index contributed by atoms with van der Waals surface area (Å²) < 4.78 is 37.6. The third-order valence-electron chi connectivity index (χ3n) is 4.11. The van der Waals surface area contributed by atoms with Crippen LogP contribution in [0.5, 0.6) is 11.5 Å². The highest BCUT2D eigenvalue weighted by atomic mass is 35.5. The van der Waals surface area contributed by atoms with Gasteiger partial charge in [0.25, 0.3) is 0 Å². The number of hydrogen-bond donors (Lipinski definition) is 1. The van der Waals surface area contributed by atoms with E-state index in [1.807, 2.05) is 49.4 Å². The lowest BCUT2D eigenvalue weighted by Crippen LogP contribution is -2.33. The topological polar surface area (TPSA) is 64.6 Å². The Kier molecular flexibility index (Phi) is 7.95. The first-order chi connectivity index (χ1) is 12.8. The number of ether oxygens (including phenoxy) is 2. The summed E-state index contributed by atoms with van der Waals surface area (Å²) in [6.07, 6.45) is 0. The van der Waals surface area contributed by atoms with Crippen LogP contribution in [0.25, 0.3) is 0 Å². The second kappa shape index (κ2) is 9.97. The van der Waals surface area contributed by atoms with Gasteiger partial charge in [-0.3, -0.25) is 0 Å². The number of nitrogens with one attached hydrogen (secondary N) is 1. The van der Waals surface area contributed by atoms with Gasteiger partial charge in [0.15, 0.2) is 0 Å². The van der Waals surface area contributed by atoms with Gasteiger partial charge in [-0.15, -0.1) is 0 Å². The second-order valence-corrected chi connectivity index (χ2v) is 9.27.